The minimum absolute atomic E-state index is 0.0595. The van der Waals surface area contributed by atoms with Crippen LogP contribution in [-0.4, -0.2) is 11.1 Å². The molecule has 0 amide bonds. The molecule has 1 aromatic heterocycles. The van der Waals surface area contributed by atoms with E-state index in [1.54, 1.807) is 6.20 Å². The third kappa shape index (κ3) is 4.43. The van der Waals surface area contributed by atoms with Gasteiger partial charge in [0.05, 0.1) is 11.7 Å². The standard InChI is InChI=1S/C23H21NO2/c1-4-19-10-11-20(14-22(19)26-17(2)3)21-12-13-23(24-15-21)25-16-18-8-6-5-7-9-18/h1,5-15,17H,16H2,2-3H3. The summed E-state index contributed by atoms with van der Waals surface area (Å²) in [6.45, 7) is 4.46. The zero-order valence-corrected chi connectivity index (χ0v) is 15.0. The van der Waals surface area contributed by atoms with Gasteiger partial charge in [0.25, 0.3) is 0 Å². The number of nitrogens with zero attached hydrogens (tertiary/aromatic N) is 1. The Labute approximate surface area is 154 Å². The molecule has 0 spiro atoms. The topological polar surface area (TPSA) is 31.4 Å². The molecule has 0 radical (unpaired) electrons. The van der Waals surface area contributed by atoms with Crippen LogP contribution in [0.4, 0.5) is 0 Å². The highest BCUT2D eigenvalue weighted by atomic mass is 16.5. The molecule has 26 heavy (non-hydrogen) atoms. The number of benzene rings is 2. The van der Waals surface area contributed by atoms with E-state index in [1.165, 1.54) is 0 Å². The normalized spacial score (nSPS) is 10.4. The van der Waals surface area contributed by atoms with Crippen LogP contribution in [0.3, 0.4) is 0 Å². The highest BCUT2D eigenvalue weighted by molar-refractivity contribution is 5.67. The fraction of sp³-hybridized carbons (Fsp3) is 0.174. The fourth-order valence-corrected chi connectivity index (χ4v) is 2.54. The second-order valence-electron chi connectivity index (χ2n) is 6.18. The van der Waals surface area contributed by atoms with E-state index in [9.17, 15) is 0 Å². The summed E-state index contributed by atoms with van der Waals surface area (Å²) in [5.74, 6) is 3.97. The largest absolute Gasteiger partial charge is 0.490 e. The van der Waals surface area contributed by atoms with Gasteiger partial charge in [-0.3, -0.25) is 0 Å². The number of ether oxygens (including phenoxy) is 2. The number of hydrogen-bond donors (Lipinski definition) is 0. The van der Waals surface area contributed by atoms with Crippen LogP contribution in [0, 0.1) is 12.3 Å². The first-order valence-electron chi connectivity index (χ1n) is 8.56. The van der Waals surface area contributed by atoms with Crippen molar-refractivity contribution in [3.05, 3.63) is 78.0 Å². The van der Waals surface area contributed by atoms with E-state index in [1.807, 2.05) is 74.5 Å². The van der Waals surface area contributed by atoms with Gasteiger partial charge in [-0.2, -0.15) is 0 Å². The SMILES string of the molecule is C#Cc1ccc(-c2ccc(OCc3ccccc3)nc2)cc1OC(C)C. The average Bonchev–Trinajstić information content (AvgIpc) is 2.67. The Morgan fingerprint density at radius 2 is 1.77 bits per heavy atom. The molecule has 0 aliphatic rings. The second-order valence-corrected chi connectivity index (χ2v) is 6.18. The summed E-state index contributed by atoms with van der Waals surface area (Å²) >= 11 is 0. The molecule has 0 N–H and O–H groups in total. The first-order valence-corrected chi connectivity index (χ1v) is 8.56. The van der Waals surface area contributed by atoms with Crippen LogP contribution in [0.15, 0.2) is 66.9 Å². The average molecular weight is 343 g/mol. The van der Waals surface area contributed by atoms with E-state index in [0.29, 0.717) is 18.2 Å². The lowest BCUT2D eigenvalue weighted by molar-refractivity contribution is 0.242. The van der Waals surface area contributed by atoms with Gasteiger partial charge in [-0.05, 0) is 43.2 Å². The van der Waals surface area contributed by atoms with Crippen molar-refractivity contribution in [2.24, 2.45) is 0 Å². The Morgan fingerprint density at radius 3 is 2.42 bits per heavy atom. The van der Waals surface area contributed by atoms with Crippen LogP contribution < -0.4 is 9.47 Å². The van der Waals surface area contributed by atoms with Crippen molar-refractivity contribution in [1.29, 1.82) is 0 Å². The fourth-order valence-electron chi connectivity index (χ4n) is 2.54. The van der Waals surface area contributed by atoms with Crippen molar-refractivity contribution in [1.82, 2.24) is 4.98 Å². The van der Waals surface area contributed by atoms with Crippen LogP contribution in [0.1, 0.15) is 25.0 Å². The third-order valence-corrected chi connectivity index (χ3v) is 3.80. The lowest BCUT2D eigenvalue weighted by Crippen LogP contribution is -2.06. The quantitative estimate of drug-likeness (QED) is 0.584. The molecule has 3 nitrogen and oxygen atoms in total. The summed E-state index contributed by atoms with van der Waals surface area (Å²) in [5, 5.41) is 0. The van der Waals surface area contributed by atoms with E-state index >= 15 is 0 Å². The summed E-state index contributed by atoms with van der Waals surface area (Å²) < 4.78 is 11.6. The molecule has 130 valence electrons. The Bertz CT molecular complexity index is 894. The number of rotatable bonds is 6. The summed E-state index contributed by atoms with van der Waals surface area (Å²) in [7, 11) is 0. The summed E-state index contributed by atoms with van der Waals surface area (Å²) in [5.41, 5.74) is 3.84. The van der Waals surface area contributed by atoms with Crippen LogP contribution in [-0.2, 0) is 6.61 Å². The van der Waals surface area contributed by atoms with E-state index in [2.05, 4.69) is 10.9 Å². The van der Waals surface area contributed by atoms with Crippen LogP contribution >= 0.6 is 0 Å². The lowest BCUT2D eigenvalue weighted by atomic mass is 10.0. The van der Waals surface area contributed by atoms with Crippen molar-refractivity contribution < 1.29 is 9.47 Å². The van der Waals surface area contributed by atoms with E-state index in [0.717, 1.165) is 22.3 Å². The van der Waals surface area contributed by atoms with Crippen LogP contribution in [0.25, 0.3) is 11.1 Å². The highest BCUT2D eigenvalue weighted by Crippen LogP contribution is 2.28. The van der Waals surface area contributed by atoms with Gasteiger partial charge >= 0.3 is 0 Å². The predicted octanol–water partition coefficient (Wildman–Crippen LogP) is 5.10. The van der Waals surface area contributed by atoms with Crippen molar-refractivity contribution in [3.8, 4) is 35.1 Å². The second kappa shape index (κ2) is 8.22. The van der Waals surface area contributed by atoms with Gasteiger partial charge in [0.15, 0.2) is 0 Å². The Hall–Kier alpha value is -3.25. The van der Waals surface area contributed by atoms with E-state index in [4.69, 9.17) is 15.9 Å². The van der Waals surface area contributed by atoms with E-state index < -0.39 is 0 Å². The van der Waals surface area contributed by atoms with Gasteiger partial charge in [-0.15, -0.1) is 6.42 Å². The van der Waals surface area contributed by atoms with Gasteiger partial charge in [-0.25, -0.2) is 4.98 Å². The molecule has 3 aromatic rings. The van der Waals surface area contributed by atoms with Gasteiger partial charge in [0.1, 0.15) is 12.4 Å². The van der Waals surface area contributed by atoms with Gasteiger partial charge in [0.2, 0.25) is 5.88 Å². The molecule has 0 saturated heterocycles. The molecule has 0 aliphatic heterocycles. The molecule has 0 unspecified atom stereocenters. The maximum absolute atomic E-state index is 5.82. The monoisotopic (exact) mass is 343 g/mol. The highest BCUT2D eigenvalue weighted by Gasteiger charge is 2.08. The van der Waals surface area contributed by atoms with Crippen molar-refractivity contribution >= 4 is 0 Å². The molecule has 2 aromatic carbocycles. The van der Waals surface area contributed by atoms with Crippen molar-refractivity contribution in [3.63, 3.8) is 0 Å². The molecule has 1 heterocycles. The minimum atomic E-state index is 0.0595. The summed E-state index contributed by atoms with van der Waals surface area (Å²) in [6.07, 6.45) is 7.41. The number of terminal acetylenes is 1. The number of pyridine rings is 1. The molecule has 0 atom stereocenters. The zero-order valence-electron chi connectivity index (χ0n) is 15.0. The van der Waals surface area contributed by atoms with Gasteiger partial charge < -0.3 is 9.47 Å². The number of hydrogen-bond acceptors (Lipinski definition) is 3. The predicted molar refractivity (Wildman–Crippen MR) is 104 cm³/mol. The molecular formula is C23H21NO2. The van der Waals surface area contributed by atoms with Crippen molar-refractivity contribution in [2.75, 3.05) is 0 Å². The zero-order chi connectivity index (χ0) is 18.4. The maximum Gasteiger partial charge on any atom is 0.213 e. The number of aromatic nitrogens is 1. The third-order valence-electron chi connectivity index (χ3n) is 3.80. The maximum atomic E-state index is 5.82. The van der Waals surface area contributed by atoms with Crippen LogP contribution in [0.2, 0.25) is 0 Å². The molecule has 0 fully saturated rings. The molecule has 3 heteroatoms. The Balaban J connectivity index is 1.75. The minimum Gasteiger partial charge on any atom is -0.490 e. The smallest absolute Gasteiger partial charge is 0.213 e. The molecule has 3 rings (SSSR count). The Kier molecular flexibility index (Phi) is 5.56. The van der Waals surface area contributed by atoms with Gasteiger partial charge in [-0.1, -0.05) is 42.3 Å². The molecular weight excluding hydrogens is 322 g/mol. The summed E-state index contributed by atoms with van der Waals surface area (Å²) in [6, 6.07) is 19.7. The van der Waals surface area contributed by atoms with Gasteiger partial charge in [0, 0.05) is 17.8 Å². The van der Waals surface area contributed by atoms with Crippen molar-refractivity contribution in [2.45, 2.75) is 26.6 Å². The first kappa shape index (κ1) is 17.6. The lowest BCUT2D eigenvalue weighted by Gasteiger charge is -2.13. The molecule has 0 bridgehead atoms. The Morgan fingerprint density at radius 1 is 1.00 bits per heavy atom. The van der Waals surface area contributed by atoms with Crippen LogP contribution in [0.5, 0.6) is 11.6 Å². The van der Waals surface area contributed by atoms with E-state index in [-0.39, 0.29) is 6.10 Å². The molecule has 0 aliphatic carbocycles. The first-order chi connectivity index (χ1) is 12.7. The summed E-state index contributed by atoms with van der Waals surface area (Å²) in [4.78, 5) is 4.40. The molecule has 0 saturated carbocycles.